The van der Waals surface area contributed by atoms with Crippen LogP contribution in [-0.4, -0.2) is 50.0 Å². The molecule has 0 radical (unpaired) electrons. The second-order valence-electron chi connectivity index (χ2n) is 6.16. The van der Waals surface area contributed by atoms with E-state index in [1.165, 1.54) is 12.1 Å². The number of aliphatic hydroxyl groups is 3. The average molecular weight is 390 g/mol. The average Bonchev–Trinajstić information content (AvgIpc) is 2.94. The van der Waals surface area contributed by atoms with E-state index in [0.717, 1.165) is 0 Å². The third-order valence-corrected chi connectivity index (χ3v) is 5.36. The fourth-order valence-corrected chi connectivity index (χ4v) is 3.86. The Morgan fingerprint density at radius 1 is 0.963 bits per heavy atom. The van der Waals surface area contributed by atoms with Crippen LogP contribution in [0.4, 0.5) is 0 Å². The number of aliphatic hydroxyl groups excluding tert-OH is 3. The Morgan fingerprint density at radius 3 is 2.26 bits per heavy atom. The zero-order valence-corrected chi connectivity index (χ0v) is 15.0. The van der Waals surface area contributed by atoms with Gasteiger partial charge in [0.25, 0.3) is 0 Å². The highest BCUT2D eigenvalue weighted by Gasteiger charge is 2.45. The Hall–Kier alpha value is -2.01. The van der Waals surface area contributed by atoms with Gasteiger partial charge in [-0.15, -0.1) is 0 Å². The van der Waals surface area contributed by atoms with Crippen molar-refractivity contribution in [3.8, 4) is 11.8 Å². The monoisotopic (exact) mass is 390 g/mol. The van der Waals surface area contributed by atoms with Gasteiger partial charge >= 0.3 is 7.60 Å². The van der Waals surface area contributed by atoms with Crippen LogP contribution in [0.2, 0.25) is 0 Å². The smallest absolute Gasteiger partial charge is 0.356 e. The lowest BCUT2D eigenvalue weighted by Gasteiger charge is -2.21. The molecule has 1 aliphatic rings. The minimum atomic E-state index is -4.71. The van der Waals surface area contributed by atoms with Gasteiger partial charge in [-0.3, -0.25) is 4.57 Å². The number of benzene rings is 2. The highest BCUT2D eigenvalue weighted by molar-refractivity contribution is 7.60. The highest BCUT2D eigenvalue weighted by Crippen LogP contribution is 2.41. The van der Waals surface area contributed by atoms with Gasteiger partial charge in [0, 0.05) is 16.7 Å². The summed E-state index contributed by atoms with van der Waals surface area (Å²) in [6.45, 7) is -0.544. The molecule has 0 aliphatic carbocycles. The minimum absolute atomic E-state index is 0.0109. The van der Waals surface area contributed by atoms with E-state index in [1.807, 2.05) is 18.2 Å². The lowest BCUT2D eigenvalue weighted by Crippen LogP contribution is -2.33. The summed E-state index contributed by atoms with van der Waals surface area (Å²) in [6, 6.07) is 13.3. The van der Waals surface area contributed by atoms with Crippen LogP contribution in [0.1, 0.15) is 22.8 Å². The third-order valence-electron chi connectivity index (χ3n) is 4.34. The summed E-state index contributed by atoms with van der Waals surface area (Å²) in [5, 5.41) is 29.3. The normalized spacial score (nSPS) is 25.1. The van der Waals surface area contributed by atoms with E-state index >= 15 is 0 Å². The molecule has 142 valence electrons. The summed E-state index contributed by atoms with van der Waals surface area (Å²) >= 11 is 0. The SMILES string of the molecule is O=P(O)(O)c1cccc(C#Cc2ccccc2)c1C1O[C@H](CO)[C@@H](O)[C@H]1O. The molecule has 0 aromatic heterocycles. The molecule has 0 spiro atoms. The van der Waals surface area contributed by atoms with E-state index < -0.39 is 38.6 Å². The number of hydrogen-bond acceptors (Lipinski definition) is 5. The third kappa shape index (κ3) is 4.13. The molecular weight excluding hydrogens is 371 g/mol. The van der Waals surface area contributed by atoms with Crippen molar-refractivity contribution in [2.45, 2.75) is 24.4 Å². The van der Waals surface area contributed by atoms with Gasteiger partial charge in [-0.2, -0.15) is 0 Å². The summed E-state index contributed by atoms with van der Waals surface area (Å²) in [7, 11) is -4.71. The van der Waals surface area contributed by atoms with Gasteiger partial charge in [-0.25, -0.2) is 0 Å². The van der Waals surface area contributed by atoms with Crippen LogP contribution < -0.4 is 5.30 Å². The fraction of sp³-hybridized carbons (Fsp3) is 0.263. The first-order chi connectivity index (χ1) is 12.8. The van der Waals surface area contributed by atoms with Crippen LogP contribution in [0.3, 0.4) is 0 Å². The molecule has 0 amide bonds. The maximum atomic E-state index is 12.0. The van der Waals surface area contributed by atoms with E-state index in [1.54, 1.807) is 18.2 Å². The van der Waals surface area contributed by atoms with Crippen molar-refractivity contribution in [3.63, 3.8) is 0 Å². The predicted octanol–water partition coefficient (Wildman–Crippen LogP) is 0.0434. The molecular formula is C19H19O7P. The van der Waals surface area contributed by atoms with E-state index in [2.05, 4.69) is 11.8 Å². The molecule has 8 heteroatoms. The van der Waals surface area contributed by atoms with E-state index in [9.17, 15) is 29.7 Å². The Morgan fingerprint density at radius 2 is 1.67 bits per heavy atom. The van der Waals surface area contributed by atoms with Crippen LogP contribution in [0.15, 0.2) is 48.5 Å². The second-order valence-corrected chi connectivity index (χ2v) is 7.73. The van der Waals surface area contributed by atoms with Crippen LogP contribution in [0.25, 0.3) is 0 Å². The summed E-state index contributed by atoms with van der Waals surface area (Å²) in [5.41, 5.74) is 0.970. The minimum Gasteiger partial charge on any atom is -0.394 e. The first-order valence-electron chi connectivity index (χ1n) is 8.21. The summed E-state index contributed by atoms with van der Waals surface area (Å²) in [5.74, 6) is 5.76. The topological polar surface area (TPSA) is 127 Å². The molecule has 3 rings (SSSR count). The molecule has 0 bridgehead atoms. The quantitative estimate of drug-likeness (QED) is 0.370. The molecule has 0 saturated carbocycles. The molecule has 1 fully saturated rings. The Bertz CT molecular complexity index is 913. The highest BCUT2D eigenvalue weighted by atomic mass is 31.2. The van der Waals surface area contributed by atoms with E-state index in [-0.39, 0.29) is 16.4 Å². The zero-order chi connectivity index (χ0) is 19.6. The molecule has 27 heavy (non-hydrogen) atoms. The first kappa shape index (κ1) is 19.7. The van der Waals surface area contributed by atoms with E-state index in [4.69, 9.17) is 4.74 Å². The molecule has 5 N–H and O–H groups in total. The fourth-order valence-electron chi connectivity index (χ4n) is 3.01. The first-order valence-corrected chi connectivity index (χ1v) is 9.82. The summed E-state index contributed by atoms with van der Waals surface area (Å²) in [6.07, 6.45) is -5.15. The van der Waals surface area contributed by atoms with Crippen molar-refractivity contribution in [2.75, 3.05) is 6.61 Å². The van der Waals surface area contributed by atoms with Crippen molar-refractivity contribution in [3.05, 3.63) is 65.2 Å². The number of ether oxygens (including phenoxy) is 1. The Kier molecular flexibility index (Phi) is 5.80. The predicted molar refractivity (Wildman–Crippen MR) is 97.3 cm³/mol. The van der Waals surface area contributed by atoms with Crippen LogP contribution in [0.5, 0.6) is 0 Å². The number of rotatable bonds is 3. The second kappa shape index (κ2) is 7.93. The molecule has 1 unspecified atom stereocenters. The lowest BCUT2D eigenvalue weighted by atomic mass is 9.97. The van der Waals surface area contributed by atoms with Crippen molar-refractivity contribution < 1.29 is 34.4 Å². The van der Waals surface area contributed by atoms with Crippen molar-refractivity contribution >= 4 is 12.9 Å². The largest absolute Gasteiger partial charge is 0.394 e. The van der Waals surface area contributed by atoms with Crippen LogP contribution in [0, 0.1) is 11.8 Å². The van der Waals surface area contributed by atoms with Gasteiger partial charge < -0.3 is 29.8 Å². The van der Waals surface area contributed by atoms with E-state index in [0.29, 0.717) is 5.56 Å². The Balaban J connectivity index is 2.13. The number of hydrogen-bond donors (Lipinski definition) is 5. The maximum absolute atomic E-state index is 12.0. The van der Waals surface area contributed by atoms with Crippen LogP contribution in [-0.2, 0) is 9.30 Å². The lowest BCUT2D eigenvalue weighted by molar-refractivity contribution is -0.0225. The van der Waals surface area contributed by atoms with Gasteiger partial charge in [-0.05, 0) is 24.3 Å². The van der Waals surface area contributed by atoms with Crippen molar-refractivity contribution in [2.24, 2.45) is 0 Å². The molecule has 7 nitrogen and oxygen atoms in total. The summed E-state index contributed by atoms with van der Waals surface area (Å²) in [4.78, 5) is 19.5. The van der Waals surface area contributed by atoms with Gasteiger partial charge in [-0.1, -0.05) is 36.1 Å². The maximum Gasteiger partial charge on any atom is 0.356 e. The van der Waals surface area contributed by atoms with Gasteiger partial charge in [0.2, 0.25) is 0 Å². The Labute approximate surface area is 156 Å². The molecule has 1 aliphatic heterocycles. The van der Waals surface area contributed by atoms with Crippen LogP contribution >= 0.6 is 7.60 Å². The van der Waals surface area contributed by atoms with Gasteiger partial charge in [0.05, 0.1) is 11.9 Å². The molecule has 2 aromatic carbocycles. The molecule has 1 heterocycles. The van der Waals surface area contributed by atoms with Crippen molar-refractivity contribution in [1.82, 2.24) is 0 Å². The van der Waals surface area contributed by atoms with Gasteiger partial charge in [0.1, 0.15) is 24.4 Å². The molecule has 1 saturated heterocycles. The molecule has 2 aromatic rings. The summed E-state index contributed by atoms with van der Waals surface area (Å²) < 4.78 is 17.5. The van der Waals surface area contributed by atoms with Crippen molar-refractivity contribution in [1.29, 1.82) is 0 Å². The zero-order valence-electron chi connectivity index (χ0n) is 14.1. The van der Waals surface area contributed by atoms with Gasteiger partial charge in [0.15, 0.2) is 0 Å². The molecule has 4 atom stereocenters. The standard InChI is InChI=1S/C19H19O7P/c20-11-14-17(21)18(22)19(26-14)16-13(7-4-8-15(16)27(23,24)25)10-9-12-5-2-1-3-6-12/h1-8,14,17-22H,11H2,(H2,23,24,25)/t14-,17-,18-,19?/m1/s1.